The van der Waals surface area contributed by atoms with Crippen LogP contribution in [0.4, 0.5) is 0 Å². The summed E-state index contributed by atoms with van der Waals surface area (Å²) in [5.41, 5.74) is 0. The van der Waals surface area contributed by atoms with Crippen LogP contribution in [0, 0.1) is 0 Å². The van der Waals surface area contributed by atoms with Gasteiger partial charge in [0.05, 0.1) is 19.8 Å². The van der Waals surface area contributed by atoms with Crippen molar-refractivity contribution >= 4 is 33.3 Å². The largest absolute Gasteiger partial charge is 0.507 e. The average molecular weight is 419 g/mol. The summed E-state index contributed by atoms with van der Waals surface area (Å²) in [6.45, 7) is 2.34. The second-order valence-corrected chi connectivity index (χ2v) is 8.37. The molecule has 152 valence electrons. The molecule has 5 heteroatoms. The van der Waals surface area contributed by atoms with Crippen molar-refractivity contribution in [3.05, 3.63) is 72.8 Å². The SMILES string of the molecule is Oc1c2ccccc2c(OCCOCC2CO2)c2ccc(Sc3ccccc3)cc12. The van der Waals surface area contributed by atoms with E-state index in [0.717, 1.165) is 43.7 Å². The molecular formula is C25H22O4S. The fourth-order valence-corrected chi connectivity index (χ4v) is 4.40. The van der Waals surface area contributed by atoms with Crippen LogP contribution in [0.1, 0.15) is 0 Å². The number of hydrogen-bond acceptors (Lipinski definition) is 5. The van der Waals surface area contributed by atoms with Gasteiger partial charge in [-0.2, -0.15) is 0 Å². The Hall–Kier alpha value is -2.73. The van der Waals surface area contributed by atoms with E-state index in [2.05, 4.69) is 18.2 Å². The van der Waals surface area contributed by atoms with Gasteiger partial charge in [0, 0.05) is 31.3 Å². The minimum atomic E-state index is 0.251. The summed E-state index contributed by atoms with van der Waals surface area (Å²) in [7, 11) is 0. The first-order valence-corrected chi connectivity index (χ1v) is 10.8. The van der Waals surface area contributed by atoms with Gasteiger partial charge in [0.1, 0.15) is 24.2 Å². The topological polar surface area (TPSA) is 51.2 Å². The lowest BCUT2D eigenvalue weighted by Crippen LogP contribution is -2.10. The highest BCUT2D eigenvalue weighted by atomic mass is 32.2. The van der Waals surface area contributed by atoms with Gasteiger partial charge >= 0.3 is 0 Å². The van der Waals surface area contributed by atoms with Crippen molar-refractivity contribution in [1.82, 2.24) is 0 Å². The van der Waals surface area contributed by atoms with E-state index in [4.69, 9.17) is 14.2 Å². The zero-order chi connectivity index (χ0) is 20.3. The number of rotatable bonds is 8. The molecule has 0 saturated carbocycles. The Morgan fingerprint density at radius 2 is 1.57 bits per heavy atom. The molecule has 1 unspecified atom stereocenters. The zero-order valence-corrected chi connectivity index (χ0v) is 17.2. The van der Waals surface area contributed by atoms with Crippen molar-refractivity contribution in [2.75, 3.05) is 26.4 Å². The van der Waals surface area contributed by atoms with Crippen LogP contribution >= 0.6 is 11.8 Å². The van der Waals surface area contributed by atoms with Gasteiger partial charge in [0.15, 0.2) is 0 Å². The van der Waals surface area contributed by atoms with E-state index in [1.54, 1.807) is 11.8 Å². The van der Waals surface area contributed by atoms with E-state index in [-0.39, 0.29) is 11.9 Å². The molecule has 0 spiro atoms. The van der Waals surface area contributed by atoms with Gasteiger partial charge in [0.25, 0.3) is 0 Å². The molecule has 0 aromatic heterocycles. The number of fused-ring (bicyclic) bond motifs is 2. The van der Waals surface area contributed by atoms with Crippen molar-refractivity contribution in [3.8, 4) is 11.5 Å². The maximum atomic E-state index is 11.0. The van der Waals surface area contributed by atoms with E-state index in [9.17, 15) is 5.11 Å². The van der Waals surface area contributed by atoms with Crippen molar-refractivity contribution in [2.24, 2.45) is 0 Å². The minimum absolute atomic E-state index is 0.251. The van der Waals surface area contributed by atoms with Crippen molar-refractivity contribution in [3.63, 3.8) is 0 Å². The Bertz CT molecular complexity index is 1170. The summed E-state index contributed by atoms with van der Waals surface area (Å²) in [5.74, 6) is 1.06. The summed E-state index contributed by atoms with van der Waals surface area (Å²) in [6, 6.07) is 24.1. The van der Waals surface area contributed by atoms with Crippen LogP contribution in [-0.2, 0) is 9.47 Å². The highest BCUT2D eigenvalue weighted by Crippen LogP contribution is 2.43. The van der Waals surface area contributed by atoms with Gasteiger partial charge in [-0.3, -0.25) is 0 Å². The Kier molecular flexibility index (Phi) is 5.49. The summed E-state index contributed by atoms with van der Waals surface area (Å²) in [5, 5.41) is 14.4. The number of epoxide rings is 1. The maximum Gasteiger partial charge on any atom is 0.135 e. The molecule has 0 amide bonds. The fraction of sp³-hybridized carbons (Fsp3) is 0.200. The first-order chi connectivity index (χ1) is 14.8. The van der Waals surface area contributed by atoms with E-state index in [1.807, 2.05) is 54.6 Å². The van der Waals surface area contributed by atoms with Gasteiger partial charge in [-0.15, -0.1) is 0 Å². The second kappa shape index (κ2) is 8.56. The van der Waals surface area contributed by atoms with Gasteiger partial charge < -0.3 is 19.3 Å². The molecule has 0 bridgehead atoms. The van der Waals surface area contributed by atoms with E-state index >= 15 is 0 Å². The predicted octanol–water partition coefficient (Wildman–Crippen LogP) is 5.64. The van der Waals surface area contributed by atoms with E-state index < -0.39 is 0 Å². The Morgan fingerprint density at radius 3 is 2.37 bits per heavy atom. The van der Waals surface area contributed by atoms with Crippen LogP contribution in [0.15, 0.2) is 82.6 Å². The highest BCUT2D eigenvalue weighted by molar-refractivity contribution is 7.99. The molecule has 0 radical (unpaired) electrons. The first-order valence-electron chi connectivity index (χ1n) is 10.0. The summed E-state index contributed by atoms with van der Waals surface area (Å²) < 4.78 is 16.9. The monoisotopic (exact) mass is 418 g/mol. The van der Waals surface area contributed by atoms with E-state index in [0.29, 0.717) is 19.8 Å². The van der Waals surface area contributed by atoms with Crippen molar-refractivity contribution in [1.29, 1.82) is 0 Å². The van der Waals surface area contributed by atoms with Crippen molar-refractivity contribution < 1.29 is 19.3 Å². The zero-order valence-electron chi connectivity index (χ0n) is 16.4. The van der Waals surface area contributed by atoms with E-state index in [1.165, 1.54) is 0 Å². The Morgan fingerprint density at radius 1 is 0.833 bits per heavy atom. The van der Waals surface area contributed by atoms with Gasteiger partial charge in [0.2, 0.25) is 0 Å². The molecule has 4 aromatic rings. The van der Waals surface area contributed by atoms with Crippen LogP contribution in [-0.4, -0.2) is 37.6 Å². The van der Waals surface area contributed by atoms with Crippen molar-refractivity contribution in [2.45, 2.75) is 15.9 Å². The molecule has 4 aromatic carbocycles. The molecule has 5 rings (SSSR count). The molecule has 1 atom stereocenters. The van der Waals surface area contributed by atoms with Crippen LogP contribution in [0.25, 0.3) is 21.5 Å². The number of benzene rings is 4. The van der Waals surface area contributed by atoms with Gasteiger partial charge in [-0.1, -0.05) is 54.2 Å². The third-order valence-corrected chi connectivity index (χ3v) is 6.07. The third-order valence-electron chi connectivity index (χ3n) is 5.08. The molecule has 1 saturated heterocycles. The lowest BCUT2D eigenvalue weighted by atomic mass is 10.0. The normalized spacial score (nSPS) is 15.5. The molecule has 30 heavy (non-hydrogen) atoms. The summed E-state index contributed by atoms with van der Waals surface area (Å²) >= 11 is 1.67. The summed E-state index contributed by atoms with van der Waals surface area (Å²) in [4.78, 5) is 2.23. The number of phenols is 1. The molecule has 1 aliphatic rings. The number of aromatic hydroxyl groups is 1. The lowest BCUT2D eigenvalue weighted by Gasteiger charge is -2.15. The van der Waals surface area contributed by atoms with Crippen LogP contribution < -0.4 is 4.74 Å². The lowest BCUT2D eigenvalue weighted by molar-refractivity contribution is 0.0887. The summed E-state index contributed by atoms with van der Waals surface area (Å²) in [6.07, 6.45) is 0.251. The smallest absolute Gasteiger partial charge is 0.135 e. The first kappa shape index (κ1) is 19.2. The molecule has 1 heterocycles. The Balaban J connectivity index is 1.48. The molecule has 4 nitrogen and oxygen atoms in total. The molecule has 1 fully saturated rings. The average Bonchev–Trinajstić information content (AvgIpc) is 3.61. The van der Waals surface area contributed by atoms with Gasteiger partial charge in [-0.05, 0) is 30.3 Å². The maximum absolute atomic E-state index is 11.0. The molecule has 1 aliphatic heterocycles. The highest BCUT2D eigenvalue weighted by Gasteiger charge is 2.22. The minimum Gasteiger partial charge on any atom is -0.507 e. The molecular weight excluding hydrogens is 396 g/mol. The van der Waals surface area contributed by atoms with Gasteiger partial charge in [-0.25, -0.2) is 0 Å². The van der Waals surface area contributed by atoms with Crippen LogP contribution in [0.2, 0.25) is 0 Å². The fourth-order valence-electron chi connectivity index (χ4n) is 3.52. The quantitative estimate of drug-likeness (QED) is 0.228. The number of hydrogen-bond donors (Lipinski definition) is 1. The molecule has 1 N–H and O–H groups in total. The second-order valence-electron chi connectivity index (χ2n) is 7.22. The number of phenolic OH excluding ortho intramolecular Hbond substituents is 1. The predicted molar refractivity (Wildman–Crippen MR) is 120 cm³/mol. The standard InChI is InChI=1S/C25H22O4S/c26-24-20-8-4-5-9-21(20)25(28-13-12-27-15-17-16-29-17)22-11-10-19(14-23(22)24)30-18-6-2-1-3-7-18/h1-11,14,17,26H,12-13,15-16H2. The molecule has 0 aliphatic carbocycles. The Labute approximate surface area is 179 Å². The third kappa shape index (κ3) is 4.10. The van der Waals surface area contributed by atoms with Crippen LogP contribution in [0.5, 0.6) is 11.5 Å². The van der Waals surface area contributed by atoms with Crippen LogP contribution in [0.3, 0.4) is 0 Å². The number of ether oxygens (including phenoxy) is 3.